The third-order valence-corrected chi connectivity index (χ3v) is 6.30. The van der Waals surface area contributed by atoms with Crippen LogP contribution in [0.25, 0.3) is 0 Å². The molecule has 0 spiro atoms. The van der Waals surface area contributed by atoms with E-state index in [9.17, 15) is 4.57 Å². The Kier molecular flexibility index (Phi) is 8.97. The Balaban J connectivity index is 1.80. The SMILES string of the molecule is CCCCCCCCc1ccc(CC2CCCC2(N)COP(=O)(O)O)cc1. The molecule has 0 aromatic heterocycles. The monoisotopic (exact) mass is 397 g/mol. The molecule has 2 unspecified atom stereocenters. The number of phosphoric acid groups is 1. The highest BCUT2D eigenvalue weighted by molar-refractivity contribution is 7.46. The fourth-order valence-corrected chi connectivity index (χ4v) is 4.51. The normalized spacial score (nSPS) is 23.0. The zero-order valence-electron chi connectivity index (χ0n) is 16.6. The Hall–Kier alpha value is -0.710. The van der Waals surface area contributed by atoms with Gasteiger partial charge in [-0.15, -0.1) is 0 Å². The third kappa shape index (κ3) is 8.05. The smallest absolute Gasteiger partial charge is 0.323 e. The number of phosphoric ester groups is 1. The summed E-state index contributed by atoms with van der Waals surface area (Å²) in [7, 11) is -4.48. The molecule has 6 heteroatoms. The predicted octanol–water partition coefficient (Wildman–Crippen LogP) is 4.74. The standard InChI is InChI=1S/C21H36NO4P/c1-2-3-4-5-6-7-9-18-11-13-19(14-12-18)16-20-10-8-15-21(20,22)17-26-27(23,24)25/h11-14,20H,2-10,15-17,22H2,1H3,(H2,23,24,25). The summed E-state index contributed by atoms with van der Waals surface area (Å²) >= 11 is 0. The van der Waals surface area contributed by atoms with E-state index in [-0.39, 0.29) is 12.5 Å². The highest BCUT2D eigenvalue weighted by atomic mass is 31.2. The van der Waals surface area contributed by atoms with Crippen molar-refractivity contribution in [2.45, 2.75) is 83.1 Å². The molecule has 1 aromatic rings. The number of nitrogens with two attached hydrogens (primary N) is 1. The molecule has 2 atom stereocenters. The lowest BCUT2D eigenvalue weighted by atomic mass is 9.84. The molecule has 27 heavy (non-hydrogen) atoms. The van der Waals surface area contributed by atoms with E-state index in [0.717, 1.165) is 32.1 Å². The van der Waals surface area contributed by atoms with Gasteiger partial charge < -0.3 is 15.5 Å². The van der Waals surface area contributed by atoms with Gasteiger partial charge in [-0.05, 0) is 49.1 Å². The fourth-order valence-electron chi connectivity index (χ4n) is 4.10. The molecule has 0 amide bonds. The van der Waals surface area contributed by atoms with Gasteiger partial charge in [-0.25, -0.2) is 4.57 Å². The van der Waals surface area contributed by atoms with Crippen molar-refractivity contribution in [3.8, 4) is 0 Å². The molecule has 0 bridgehead atoms. The van der Waals surface area contributed by atoms with Gasteiger partial charge in [-0.3, -0.25) is 4.52 Å². The minimum Gasteiger partial charge on any atom is -0.323 e. The number of hydrogen-bond donors (Lipinski definition) is 3. The maximum atomic E-state index is 11.0. The first-order valence-electron chi connectivity index (χ1n) is 10.4. The summed E-state index contributed by atoms with van der Waals surface area (Å²) in [5.74, 6) is 0.188. The first-order chi connectivity index (χ1) is 12.8. The number of aryl methyl sites for hydroxylation is 1. The van der Waals surface area contributed by atoms with Crippen LogP contribution in [0.2, 0.25) is 0 Å². The third-order valence-electron chi connectivity index (χ3n) is 5.83. The molecule has 1 aromatic carbocycles. The lowest BCUT2D eigenvalue weighted by molar-refractivity contribution is 0.131. The minimum absolute atomic E-state index is 0.0853. The number of rotatable bonds is 12. The predicted molar refractivity (Wildman–Crippen MR) is 109 cm³/mol. The lowest BCUT2D eigenvalue weighted by Gasteiger charge is -2.31. The molecule has 1 saturated carbocycles. The van der Waals surface area contributed by atoms with Gasteiger partial charge in [0.2, 0.25) is 0 Å². The molecule has 4 N–H and O–H groups in total. The maximum Gasteiger partial charge on any atom is 0.469 e. The average Bonchev–Trinajstić information content (AvgIpc) is 2.98. The Labute approximate surface area is 163 Å². The Morgan fingerprint density at radius 3 is 2.41 bits per heavy atom. The minimum atomic E-state index is -4.48. The molecule has 1 aliphatic rings. The van der Waals surface area contributed by atoms with Gasteiger partial charge in [0.15, 0.2) is 0 Å². The molecule has 1 aliphatic carbocycles. The van der Waals surface area contributed by atoms with Crippen LogP contribution in [-0.2, 0) is 21.9 Å². The van der Waals surface area contributed by atoms with Crippen LogP contribution in [0.4, 0.5) is 0 Å². The quantitative estimate of drug-likeness (QED) is 0.350. The van der Waals surface area contributed by atoms with Crippen molar-refractivity contribution in [3.05, 3.63) is 35.4 Å². The summed E-state index contributed by atoms with van der Waals surface area (Å²) < 4.78 is 15.7. The van der Waals surface area contributed by atoms with Crippen molar-refractivity contribution in [1.29, 1.82) is 0 Å². The highest BCUT2D eigenvalue weighted by Crippen LogP contribution is 2.42. The molecule has 5 nitrogen and oxygen atoms in total. The van der Waals surface area contributed by atoms with E-state index in [2.05, 4.69) is 31.2 Å². The largest absolute Gasteiger partial charge is 0.469 e. The molecule has 154 valence electrons. The van der Waals surface area contributed by atoms with Crippen LogP contribution >= 0.6 is 7.82 Å². The van der Waals surface area contributed by atoms with Crippen LogP contribution in [-0.4, -0.2) is 21.9 Å². The van der Waals surface area contributed by atoms with Crippen LogP contribution in [0.1, 0.15) is 75.8 Å². The number of benzene rings is 1. The van der Waals surface area contributed by atoms with E-state index in [4.69, 9.17) is 20.0 Å². The molecule has 0 aliphatic heterocycles. The Morgan fingerprint density at radius 2 is 1.74 bits per heavy atom. The van der Waals surface area contributed by atoms with Crippen LogP contribution in [0, 0.1) is 5.92 Å². The summed E-state index contributed by atoms with van der Waals surface area (Å²) in [4.78, 5) is 17.9. The summed E-state index contributed by atoms with van der Waals surface area (Å²) in [6, 6.07) is 8.77. The average molecular weight is 397 g/mol. The summed E-state index contributed by atoms with van der Waals surface area (Å²) in [6.07, 6.45) is 12.5. The molecule has 0 saturated heterocycles. The number of unbranched alkanes of at least 4 members (excludes halogenated alkanes) is 5. The van der Waals surface area contributed by atoms with E-state index < -0.39 is 13.4 Å². The topological polar surface area (TPSA) is 92.8 Å². The van der Waals surface area contributed by atoms with Crippen LogP contribution < -0.4 is 5.73 Å². The zero-order valence-corrected chi connectivity index (χ0v) is 17.5. The van der Waals surface area contributed by atoms with E-state index in [1.807, 2.05) is 0 Å². The summed E-state index contributed by atoms with van der Waals surface area (Å²) in [6.45, 7) is 2.16. The van der Waals surface area contributed by atoms with Crippen molar-refractivity contribution in [3.63, 3.8) is 0 Å². The Bertz CT molecular complexity index is 601. The molecule has 0 heterocycles. The number of hydrogen-bond acceptors (Lipinski definition) is 3. The first kappa shape index (κ1) is 22.6. The van der Waals surface area contributed by atoms with Gasteiger partial charge in [0.05, 0.1) is 6.61 Å². The van der Waals surface area contributed by atoms with Gasteiger partial charge >= 0.3 is 7.82 Å². The highest BCUT2D eigenvalue weighted by Gasteiger charge is 2.41. The molecular formula is C21H36NO4P. The second kappa shape index (κ2) is 10.7. The van der Waals surface area contributed by atoms with Gasteiger partial charge in [-0.1, -0.05) is 69.7 Å². The van der Waals surface area contributed by atoms with Crippen molar-refractivity contribution in [2.24, 2.45) is 11.7 Å². The fraction of sp³-hybridized carbons (Fsp3) is 0.714. The Morgan fingerprint density at radius 1 is 1.11 bits per heavy atom. The van der Waals surface area contributed by atoms with Gasteiger partial charge in [0.1, 0.15) is 0 Å². The van der Waals surface area contributed by atoms with Gasteiger partial charge in [0, 0.05) is 5.54 Å². The molecule has 1 fully saturated rings. The van der Waals surface area contributed by atoms with E-state index in [1.54, 1.807) is 0 Å². The van der Waals surface area contributed by atoms with E-state index in [1.165, 1.54) is 49.7 Å². The molecule has 2 rings (SSSR count). The summed E-state index contributed by atoms with van der Waals surface area (Å²) in [5.41, 5.74) is 8.40. The summed E-state index contributed by atoms with van der Waals surface area (Å²) in [5, 5.41) is 0. The van der Waals surface area contributed by atoms with Gasteiger partial charge in [-0.2, -0.15) is 0 Å². The molecule has 0 radical (unpaired) electrons. The lowest BCUT2D eigenvalue weighted by Crippen LogP contribution is -2.48. The van der Waals surface area contributed by atoms with Crippen molar-refractivity contribution >= 4 is 7.82 Å². The van der Waals surface area contributed by atoms with E-state index >= 15 is 0 Å². The van der Waals surface area contributed by atoms with Gasteiger partial charge in [0.25, 0.3) is 0 Å². The van der Waals surface area contributed by atoms with Crippen molar-refractivity contribution in [1.82, 2.24) is 0 Å². The van der Waals surface area contributed by atoms with Crippen LogP contribution in [0.5, 0.6) is 0 Å². The maximum absolute atomic E-state index is 11.0. The second-order valence-electron chi connectivity index (χ2n) is 8.12. The van der Waals surface area contributed by atoms with Crippen molar-refractivity contribution < 1.29 is 18.9 Å². The molecular weight excluding hydrogens is 361 g/mol. The van der Waals surface area contributed by atoms with Crippen molar-refractivity contribution in [2.75, 3.05) is 6.61 Å². The van der Waals surface area contributed by atoms with Crippen LogP contribution in [0.3, 0.4) is 0 Å². The van der Waals surface area contributed by atoms with E-state index in [0.29, 0.717) is 0 Å². The zero-order chi connectivity index (χ0) is 19.8. The van der Waals surface area contributed by atoms with Crippen LogP contribution in [0.15, 0.2) is 24.3 Å². The second-order valence-corrected chi connectivity index (χ2v) is 9.36. The first-order valence-corrected chi connectivity index (χ1v) is 11.9.